The molecule has 1 N–H and O–H groups in total. The average Bonchev–Trinajstić information content (AvgIpc) is 2.48. The predicted molar refractivity (Wildman–Crippen MR) is 90.8 cm³/mol. The van der Waals surface area contributed by atoms with Crippen LogP contribution in [0.3, 0.4) is 0 Å². The van der Waals surface area contributed by atoms with E-state index in [2.05, 4.69) is 31.4 Å². The summed E-state index contributed by atoms with van der Waals surface area (Å²) in [7, 11) is 2.12. The number of thioether (sulfide) groups is 1. The first kappa shape index (κ1) is 16.2. The van der Waals surface area contributed by atoms with Crippen LogP contribution in [0.2, 0.25) is 5.02 Å². The van der Waals surface area contributed by atoms with Crippen molar-refractivity contribution in [2.24, 2.45) is 11.8 Å². The van der Waals surface area contributed by atoms with E-state index in [-0.39, 0.29) is 0 Å². The number of hydrogen-bond acceptors (Lipinski definition) is 2. The molecule has 20 heavy (non-hydrogen) atoms. The molecule has 0 radical (unpaired) electrons. The van der Waals surface area contributed by atoms with Crippen LogP contribution in [-0.4, -0.2) is 18.8 Å². The van der Waals surface area contributed by atoms with Crippen molar-refractivity contribution in [3.63, 3.8) is 0 Å². The van der Waals surface area contributed by atoms with Crippen LogP contribution in [0.4, 0.5) is 0 Å². The third-order valence-electron chi connectivity index (χ3n) is 4.61. The quantitative estimate of drug-likeness (QED) is 0.721. The summed E-state index contributed by atoms with van der Waals surface area (Å²) in [6, 6.07) is 8.81. The van der Waals surface area contributed by atoms with Gasteiger partial charge in [-0.2, -0.15) is 0 Å². The van der Waals surface area contributed by atoms with Crippen LogP contribution in [0.5, 0.6) is 0 Å². The van der Waals surface area contributed by atoms with E-state index in [1.54, 1.807) is 0 Å². The molecule has 0 heterocycles. The Morgan fingerprint density at radius 1 is 1.35 bits per heavy atom. The Kier molecular flexibility index (Phi) is 6.73. The van der Waals surface area contributed by atoms with Crippen molar-refractivity contribution < 1.29 is 0 Å². The molecule has 1 nitrogen and oxygen atoms in total. The molecule has 1 aromatic carbocycles. The molecule has 1 aliphatic rings. The minimum atomic E-state index is 0.615. The van der Waals surface area contributed by atoms with Crippen molar-refractivity contribution in [1.29, 1.82) is 0 Å². The normalized spacial score (nSPS) is 24.6. The second-order valence-corrected chi connectivity index (χ2v) is 7.31. The molecule has 0 amide bonds. The van der Waals surface area contributed by atoms with Gasteiger partial charge in [-0.25, -0.2) is 0 Å². The second-order valence-electron chi connectivity index (χ2n) is 5.78. The Hall–Kier alpha value is -0.180. The first-order valence-corrected chi connectivity index (χ1v) is 9.16. The highest BCUT2D eigenvalue weighted by atomic mass is 35.5. The van der Waals surface area contributed by atoms with Crippen molar-refractivity contribution >= 4 is 23.4 Å². The van der Waals surface area contributed by atoms with Gasteiger partial charge in [0.1, 0.15) is 0 Å². The Morgan fingerprint density at radius 2 is 2.15 bits per heavy atom. The highest BCUT2D eigenvalue weighted by Gasteiger charge is 2.29. The Labute approximate surface area is 132 Å². The van der Waals surface area contributed by atoms with Crippen molar-refractivity contribution in [2.45, 2.75) is 50.0 Å². The van der Waals surface area contributed by atoms with E-state index in [9.17, 15) is 0 Å². The van der Waals surface area contributed by atoms with Crippen LogP contribution >= 0.6 is 23.4 Å². The molecular formula is C17H26ClNS. The van der Waals surface area contributed by atoms with Gasteiger partial charge in [0.05, 0.1) is 0 Å². The third kappa shape index (κ3) is 4.41. The Bertz CT molecular complexity index is 410. The third-order valence-corrected chi connectivity index (χ3v) is 5.95. The van der Waals surface area contributed by atoms with Gasteiger partial charge in [0.2, 0.25) is 0 Å². The molecule has 112 valence electrons. The van der Waals surface area contributed by atoms with Crippen LogP contribution in [0.1, 0.15) is 39.0 Å². The zero-order chi connectivity index (χ0) is 14.4. The molecule has 0 aromatic heterocycles. The van der Waals surface area contributed by atoms with Crippen molar-refractivity contribution in [1.82, 2.24) is 5.32 Å². The van der Waals surface area contributed by atoms with Crippen molar-refractivity contribution in [2.75, 3.05) is 12.8 Å². The molecule has 3 unspecified atom stereocenters. The van der Waals surface area contributed by atoms with Gasteiger partial charge in [-0.3, -0.25) is 0 Å². The maximum absolute atomic E-state index is 6.06. The number of nitrogens with one attached hydrogen (secondary N) is 1. The summed E-state index contributed by atoms with van der Waals surface area (Å²) in [5.41, 5.74) is 0. The number of halogens is 1. The second kappa shape index (κ2) is 8.31. The van der Waals surface area contributed by atoms with Gasteiger partial charge in [-0.15, -0.1) is 11.8 Å². The SMILES string of the molecule is CCC1CCCCC1C(CSc1cccc(Cl)c1)NC. The Morgan fingerprint density at radius 3 is 2.85 bits per heavy atom. The molecule has 0 aliphatic heterocycles. The molecule has 1 aromatic rings. The summed E-state index contributed by atoms with van der Waals surface area (Å²) in [4.78, 5) is 1.28. The summed E-state index contributed by atoms with van der Waals surface area (Å²) in [5.74, 6) is 2.88. The lowest BCUT2D eigenvalue weighted by molar-refractivity contribution is 0.190. The number of rotatable bonds is 6. The first-order chi connectivity index (χ1) is 9.74. The summed E-state index contributed by atoms with van der Waals surface area (Å²) in [6.45, 7) is 2.35. The van der Waals surface area contributed by atoms with Gasteiger partial charge in [0.25, 0.3) is 0 Å². The minimum absolute atomic E-state index is 0.615. The Balaban J connectivity index is 1.94. The largest absolute Gasteiger partial charge is 0.316 e. The molecule has 1 aliphatic carbocycles. The van der Waals surface area contributed by atoms with E-state index in [0.29, 0.717) is 6.04 Å². The maximum Gasteiger partial charge on any atom is 0.0417 e. The fraction of sp³-hybridized carbons (Fsp3) is 0.647. The van der Waals surface area contributed by atoms with E-state index in [0.717, 1.165) is 22.6 Å². The minimum Gasteiger partial charge on any atom is -0.316 e. The van der Waals surface area contributed by atoms with E-state index >= 15 is 0 Å². The van der Waals surface area contributed by atoms with Crippen LogP contribution in [0.15, 0.2) is 29.2 Å². The van der Waals surface area contributed by atoms with E-state index in [1.165, 1.54) is 37.0 Å². The van der Waals surface area contributed by atoms with Crippen LogP contribution in [0.25, 0.3) is 0 Å². The van der Waals surface area contributed by atoms with Gasteiger partial charge < -0.3 is 5.32 Å². The maximum atomic E-state index is 6.06. The molecule has 2 rings (SSSR count). The van der Waals surface area contributed by atoms with Gasteiger partial charge in [-0.05, 0) is 43.5 Å². The lowest BCUT2D eigenvalue weighted by Gasteiger charge is -2.36. The molecular weight excluding hydrogens is 286 g/mol. The summed E-state index contributed by atoms with van der Waals surface area (Å²) in [5, 5.41) is 4.40. The smallest absolute Gasteiger partial charge is 0.0417 e. The highest BCUT2D eigenvalue weighted by Crippen LogP contribution is 2.36. The number of benzene rings is 1. The van der Waals surface area contributed by atoms with Crippen molar-refractivity contribution in [3.8, 4) is 0 Å². The van der Waals surface area contributed by atoms with Gasteiger partial charge >= 0.3 is 0 Å². The number of hydrogen-bond donors (Lipinski definition) is 1. The van der Waals surface area contributed by atoms with Gasteiger partial charge in [0, 0.05) is 21.7 Å². The first-order valence-electron chi connectivity index (χ1n) is 7.80. The molecule has 1 fully saturated rings. The summed E-state index contributed by atoms with van der Waals surface area (Å²) < 4.78 is 0. The topological polar surface area (TPSA) is 12.0 Å². The molecule has 3 atom stereocenters. The fourth-order valence-electron chi connectivity index (χ4n) is 3.44. The van der Waals surface area contributed by atoms with E-state index < -0.39 is 0 Å². The average molecular weight is 312 g/mol. The molecule has 1 saturated carbocycles. The highest BCUT2D eigenvalue weighted by molar-refractivity contribution is 7.99. The predicted octanol–water partition coefficient (Wildman–Crippen LogP) is 5.24. The van der Waals surface area contributed by atoms with Gasteiger partial charge in [0.15, 0.2) is 0 Å². The zero-order valence-corrected chi connectivity index (χ0v) is 14.1. The molecule has 0 saturated heterocycles. The van der Waals surface area contributed by atoms with Crippen molar-refractivity contribution in [3.05, 3.63) is 29.3 Å². The van der Waals surface area contributed by atoms with E-state index in [4.69, 9.17) is 11.6 Å². The molecule has 0 bridgehead atoms. The monoisotopic (exact) mass is 311 g/mol. The summed E-state index contributed by atoms with van der Waals surface area (Å²) >= 11 is 7.99. The molecule has 3 heteroatoms. The van der Waals surface area contributed by atoms with Crippen LogP contribution in [-0.2, 0) is 0 Å². The standard InChI is InChI=1S/C17H26ClNS/c1-3-13-7-4-5-10-16(13)17(19-2)12-20-15-9-6-8-14(18)11-15/h6,8-9,11,13,16-17,19H,3-5,7,10,12H2,1-2H3. The lowest BCUT2D eigenvalue weighted by atomic mass is 9.74. The van der Waals surface area contributed by atoms with E-state index in [1.807, 2.05) is 23.9 Å². The lowest BCUT2D eigenvalue weighted by Crippen LogP contribution is -2.41. The zero-order valence-electron chi connectivity index (χ0n) is 12.6. The van der Waals surface area contributed by atoms with Gasteiger partial charge in [-0.1, -0.05) is 50.3 Å². The molecule has 0 spiro atoms. The van der Waals surface area contributed by atoms with Crippen LogP contribution in [0, 0.1) is 11.8 Å². The fourth-order valence-corrected chi connectivity index (χ4v) is 4.86. The van der Waals surface area contributed by atoms with Crippen LogP contribution < -0.4 is 5.32 Å². The summed E-state index contributed by atoms with van der Waals surface area (Å²) in [6.07, 6.45) is 6.96.